The van der Waals surface area contributed by atoms with Crippen molar-refractivity contribution in [1.82, 2.24) is 19.8 Å². The fourth-order valence-electron chi connectivity index (χ4n) is 10.7. The van der Waals surface area contributed by atoms with Crippen LogP contribution in [0.1, 0.15) is 76.3 Å². The molecule has 278 valence electrons. The summed E-state index contributed by atoms with van der Waals surface area (Å²) in [4.78, 5) is 26.8. The third kappa shape index (κ3) is 6.20. The summed E-state index contributed by atoms with van der Waals surface area (Å²) in [5, 5.41) is 15.1. The van der Waals surface area contributed by atoms with E-state index in [1.165, 1.54) is 18.6 Å². The molecule has 4 aliphatic heterocycles. The molecule has 4 aromatic rings. The number of H-pyrrole nitrogens is 1. The van der Waals surface area contributed by atoms with Gasteiger partial charge in [0.15, 0.2) is 5.75 Å². The number of carbonyl (C=O) groups excluding carboxylic acids is 1. The number of fused-ring (bicyclic) bond motifs is 5. The molecule has 3 bridgehead atoms. The van der Waals surface area contributed by atoms with Gasteiger partial charge in [0.05, 0.1) is 22.3 Å². The molecule has 2 N–H and O–H groups in total. The maximum atomic E-state index is 13.4. The fraction of sp³-hybridized carbons (Fsp3) is 0.476. The Kier molecular flexibility index (Phi) is 9.17. The average molecular weight is 800 g/mol. The second kappa shape index (κ2) is 13.7. The van der Waals surface area contributed by atoms with Crippen molar-refractivity contribution < 1.29 is 22.5 Å². The molecule has 9 rings (SSSR count). The summed E-state index contributed by atoms with van der Waals surface area (Å²) in [6, 6.07) is 14.1. The Hall–Kier alpha value is -3.35. The molecule has 6 atom stereocenters. The third-order valence-corrected chi connectivity index (χ3v) is 14.6. The molecular formula is C42H47BrN4O5S. The first-order valence-corrected chi connectivity index (χ1v) is 21.6. The van der Waals surface area contributed by atoms with Gasteiger partial charge in [-0.2, -0.15) is 8.42 Å². The summed E-state index contributed by atoms with van der Waals surface area (Å²) in [6.07, 6.45) is 18.2. The number of hydrogen-bond donors (Lipinski definition) is 2. The fourth-order valence-corrected chi connectivity index (χ4v) is 12.0. The number of carbonyl (C=O) groups is 1. The van der Waals surface area contributed by atoms with Crippen LogP contribution in [0.4, 0.5) is 0 Å². The highest BCUT2D eigenvalue weighted by atomic mass is 79.9. The number of hydrogen-bond acceptors (Lipinski definition) is 8. The Balaban J connectivity index is 1.19. The molecule has 11 heteroatoms. The maximum Gasteiger partial charge on any atom is 0.339 e. The number of nitrogens with one attached hydrogen (secondary N) is 1. The highest BCUT2D eigenvalue weighted by Crippen LogP contribution is 2.62. The summed E-state index contributed by atoms with van der Waals surface area (Å²) in [5.41, 5.74) is 1.98. The Morgan fingerprint density at radius 3 is 2.62 bits per heavy atom. The van der Waals surface area contributed by atoms with Crippen molar-refractivity contribution in [3.8, 4) is 5.75 Å². The predicted molar refractivity (Wildman–Crippen MR) is 210 cm³/mol. The summed E-state index contributed by atoms with van der Waals surface area (Å²) in [6.45, 7) is 3.80. The van der Waals surface area contributed by atoms with Crippen LogP contribution < -0.4 is 4.18 Å². The van der Waals surface area contributed by atoms with E-state index in [1.807, 2.05) is 24.4 Å². The smallest absolute Gasteiger partial charge is 0.339 e. The number of halogens is 1. The summed E-state index contributed by atoms with van der Waals surface area (Å²) in [7, 11) is -4.10. The molecule has 3 saturated heterocycles. The zero-order valence-electron chi connectivity index (χ0n) is 30.0. The standard InChI is InChI=1S/C42H47BrN4O5S/c43-28-12-16-31(17-13-28)53(50,51)52-36-11-7-10-32-33-18-21-44-38(39(33)45-37(32)36)34-26-42(49)20-5-3-1-2-4-6-22-46-24-19-35(34)41(27-46)25-29-14-15-30(48)9-8-23-47(29)40(41)42/h1,3,7,10-13,16-18,21,26,29,35,40,45,49H,2,4-6,8-9,14-15,19-20,22-25,27H2/b3-1-/t29-,35-,40+,41-,42-/m0/s1. The summed E-state index contributed by atoms with van der Waals surface area (Å²) >= 11 is 3.38. The summed E-state index contributed by atoms with van der Waals surface area (Å²) < 4.78 is 33.5. The monoisotopic (exact) mass is 798 g/mol. The molecule has 2 aromatic carbocycles. The maximum absolute atomic E-state index is 13.4. The van der Waals surface area contributed by atoms with Gasteiger partial charge in [0.1, 0.15) is 10.7 Å². The van der Waals surface area contributed by atoms with E-state index in [2.05, 4.69) is 48.9 Å². The number of ketones is 1. The van der Waals surface area contributed by atoms with Crippen LogP contribution in [-0.2, 0) is 14.9 Å². The summed E-state index contributed by atoms with van der Waals surface area (Å²) in [5.74, 6) is 0.743. The van der Waals surface area contributed by atoms with Gasteiger partial charge in [0.25, 0.3) is 0 Å². The zero-order valence-corrected chi connectivity index (χ0v) is 32.4. The van der Waals surface area contributed by atoms with E-state index in [1.54, 1.807) is 18.2 Å². The number of rotatable bonds is 4. The van der Waals surface area contributed by atoms with Crippen molar-refractivity contribution in [3.63, 3.8) is 0 Å². The molecule has 1 unspecified atom stereocenters. The first-order valence-electron chi connectivity index (χ1n) is 19.3. The number of nitrogens with zero attached hydrogens (tertiary/aromatic N) is 3. The van der Waals surface area contributed by atoms with Crippen molar-refractivity contribution in [3.05, 3.63) is 83.1 Å². The second-order valence-electron chi connectivity index (χ2n) is 16.0. The Morgan fingerprint density at radius 2 is 1.75 bits per heavy atom. The number of piperidine rings is 1. The van der Waals surface area contributed by atoms with Crippen LogP contribution in [0.3, 0.4) is 0 Å². The van der Waals surface area contributed by atoms with Gasteiger partial charge in [0, 0.05) is 58.3 Å². The molecule has 6 heterocycles. The second-order valence-corrected chi connectivity index (χ2v) is 18.5. The minimum absolute atomic E-state index is 0.0513. The van der Waals surface area contributed by atoms with Gasteiger partial charge in [0.2, 0.25) is 0 Å². The molecular weight excluding hydrogens is 752 g/mol. The van der Waals surface area contributed by atoms with Gasteiger partial charge in [-0.3, -0.25) is 14.7 Å². The molecule has 0 radical (unpaired) electrons. The highest BCUT2D eigenvalue weighted by molar-refractivity contribution is 9.10. The quantitative estimate of drug-likeness (QED) is 0.159. The van der Waals surface area contributed by atoms with Gasteiger partial charge >= 0.3 is 10.1 Å². The molecule has 3 fully saturated rings. The van der Waals surface area contributed by atoms with Crippen LogP contribution >= 0.6 is 15.9 Å². The van der Waals surface area contributed by atoms with Gasteiger partial charge in [-0.15, -0.1) is 0 Å². The van der Waals surface area contributed by atoms with Crippen molar-refractivity contribution in [2.45, 2.75) is 93.2 Å². The van der Waals surface area contributed by atoms with Crippen LogP contribution in [0, 0.1) is 11.3 Å². The number of benzene rings is 2. The van der Waals surface area contributed by atoms with Gasteiger partial charge < -0.3 is 19.2 Å². The topological polar surface area (TPSA) is 116 Å². The lowest BCUT2D eigenvalue weighted by Crippen LogP contribution is -2.65. The molecule has 2 aromatic heterocycles. The van der Waals surface area contributed by atoms with Crippen LogP contribution in [-0.4, -0.2) is 82.9 Å². The van der Waals surface area contributed by atoms with E-state index in [0.29, 0.717) is 30.6 Å². The normalized spacial score (nSPS) is 31.7. The number of para-hydroxylation sites is 1. The Labute approximate surface area is 319 Å². The van der Waals surface area contributed by atoms with Crippen molar-refractivity contribution in [2.75, 3.05) is 26.2 Å². The van der Waals surface area contributed by atoms with Crippen LogP contribution in [0.2, 0.25) is 0 Å². The van der Waals surface area contributed by atoms with Crippen LogP contribution in [0.5, 0.6) is 5.75 Å². The van der Waals surface area contributed by atoms with Gasteiger partial charge in [-0.05, 0) is 131 Å². The average Bonchev–Trinajstić information content (AvgIpc) is 3.67. The lowest BCUT2D eigenvalue weighted by molar-refractivity contribution is -0.120. The van der Waals surface area contributed by atoms with Gasteiger partial charge in [-0.25, -0.2) is 0 Å². The highest BCUT2D eigenvalue weighted by Gasteiger charge is 2.66. The van der Waals surface area contributed by atoms with Crippen molar-refractivity contribution >= 4 is 59.2 Å². The molecule has 9 nitrogen and oxygen atoms in total. The Morgan fingerprint density at radius 1 is 0.925 bits per heavy atom. The molecule has 1 aliphatic carbocycles. The first-order chi connectivity index (χ1) is 25.7. The first kappa shape index (κ1) is 35.4. The van der Waals surface area contributed by atoms with E-state index in [9.17, 15) is 18.3 Å². The molecule has 5 aliphatic rings. The lowest BCUT2D eigenvalue weighted by Gasteiger charge is -2.58. The van der Waals surface area contributed by atoms with Crippen LogP contribution in [0.25, 0.3) is 27.4 Å². The SMILES string of the molecule is O=C1CCCN2[C@@H](CC1)C[C@]13CN4CCCC/C=C\CC[C@](O)(C=C(c5nccc6c5[nH]c5c(OS(=O)(=O)c7ccc(Br)cc7)cccc56)[C@@H]1CC4)[C@H]23. The van der Waals surface area contributed by atoms with Crippen LogP contribution in [0.15, 0.2) is 82.3 Å². The predicted octanol–water partition coefficient (Wildman–Crippen LogP) is 7.79. The number of aliphatic hydroxyl groups is 1. The van der Waals surface area contributed by atoms with E-state index in [4.69, 9.17) is 9.17 Å². The number of aromatic amines is 1. The van der Waals surface area contributed by atoms with E-state index in [0.717, 1.165) is 103 Å². The number of Topliss-reactive ketones (excluding diaryl/α,β-unsaturated/α-hetero) is 1. The largest absolute Gasteiger partial charge is 0.384 e. The third-order valence-electron chi connectivity index (χ3n) is 12.9. The van der Waals surface area contributed by atoms with Crippen molar-refractivity contribution in [1.29, 1.82) is 0 Å². The van der Waals surface area contributed by atoms with Crippen molar-refractivity contribution in [2.24, 2.45) is 11.3 Å². The number of allylic oxidation sites excluding steroid dienone is 3. The van der Waals surface area contributed by atoms with E-state index in [-0.39, 0.29) is 34.1 Å². The minimum Gasteiger partial charge on any atom is -0.384 e. The number of pyridine rings is 1. The van der Waals surface area contributed by atoms with E-state index < -0.39 is 15.7 Å². The Bertz CT molecular complexity index is 2230. The minimum atomic E-state index is -4.10. The molecule has 0 saturated carbocycles. The van der Waals surface area contributed by atoms with Gasteiger partial charge in [-0.1, -0.05) is 40.2 Å². The molecule has 0 amide bonds. The lowest BCUT2D eigenvalue weighted by atomic mass is 9.54. The molecule has 53 heavy (non-hydrogen) atoms. The van der Waals surface area contributed by atoms with E-state index >= 15 is 0 Å². The number of aromatic nitrogens is 2. The zero-order chi connectivity index (χ0) is 36.4. The molecule has 1 spiro atoms.